The van der Waals surface area contributed by atoms with E-state index in [9.17, 15) is 9.59 Å². The fourth-order valence-electron chi connectivity index (χ4n) is 2.29. The smallest absolute Gasteiger partial charge is 0.335 e. The summed E-state index contributed by atoms with van der Waals surface area (Å²) >= 11 is 0. The summed E-state index contributed by atoms with van der Waals surface area (Å²) in [7, 11) is 3.58. The molecule has 1 aromatic carbocycles. The van der Waals surface area contributed by atoms with Crippen LogP contribution in [0, 0.1) is 0 Å². The molecule has 1 heterocycles. The first-order chi connectivity index (χ1) is 9.54. The molecule has 2 N–H and O–H groups in total. The maximum Gasteiger partial charge on any atom is 0.335 e. The number of anilines is 1. The van der Waals surface area contributed by atoms with Gasteiger partial charge in [0.15, 0.2) is 0 Å². The Hall–Kier alpha value is -2.08. The van der Waals surface area contributed by atoms with Gasteiger partial charge in [-0.25, -0.2) is 9.59 Å². The molecule has 0 fully saturated rings. The summed E-state index contributed by atoms with van der Waals surface area (Å²) in [6.45, 7) is 1.93. The molecule has 6 heteroatoms. The van der Waals surface area contributed by atoms with Crippen molar-refractivity contribution in [1.82, 2.24) is 10.2 Å². The monoisotopic (exact) mass is 277 g/mol. The van der Waals surface area contributed by atoms with Crippen LogP contribution in [0.25, 0.3) is 0 Å². The van der Waals surface area contributed by atoms with E-state index in [1.165, 1.54) is 0 Å². The first-order valence-corrected chi connectivity index (χ1v) is 6.58. The molecular formula is C14H19N3O3. The van der Waals surface area contributed by atoms with Gasteiger partial charge in [0.2, 0.25) is 0 Å². The average Bonchev–Trinajstić information content (AvgIpc) is 2.86. The highest BCUT2D eigenvalue weighted by Crippen LogP contribution is 2.29. The van der Waals surface area contributed by atoms with E-state index in [1.54, 1.807) is 35.0 Å². The summed E-state index contributed by atoms with van der Waals surface area (Å²) in [6.07, 6.45) is 0.765. The highest BCUT2D eigenvalue weighted by molar-refractivity contribution is 5.96. The molecule has 1 aromatic rings. The Morgan fingerprint density at radius 3 is 2.85 bits per heavy atom. The normalized spacial score (nSPS) is 13.2. The van der Waals surface area contributed by atoms with Crippen LogP contribution in [0.15, 0.2) is 18.2 Å². The van der Waals surface area contributed by atoms with Gasteiger partial charge in [-0.15, -0.1) is 0 Å². The molecule has 2 amide bonds. The Balaban J connectivity index is 2.19. The van der Waals surface area contributed by atoms with Crippen molar-refractivity contribution in [3.05, 3.63) is 29.3 Å². The number of aromatic carboxylic acids is 1. The quantitative estimate of drug-likeness (QED) is 0.862. The van der Waals surface area contributed by atoms with Crippen LogP contribution < -0.4 is 10.2 Å². The molecule has 0 saturated heterocycles. The van der Waals surface area contributed by atoms with Crippen LogP contribution in [-0.2, 0) is 6.42 Å². The molecule has 0 radical (unpaired) electrons. The number of hydrogen-bond donors (Lipinski definition) is 2. The lowest BCUT2D eigenvalue weighted by Crippen LogP contribution is -2.42. The maximum absolute atomic E-state index is 12.4. The Kier molecular flexibility index (Phi) is 4.24. The lowest BCUT2D eigenvalue weighted by Gasteiger charge is -2.25. The van der Waals surface area contributed by atoms with Crippen LogP contribution in [0.1, 0.15) is 15.9 Å². The summed E-state index contributed by atoms with van der Waals surface area (Å²) in [4.78, 5) is 26.7. The van der Waals surface area contributed by atoms with Gasteiger partial charge < -0.3 is 15.3 Å². The molecule has 0 bridgehead atoms. The summed E-state index contributed by atoms with van der Waals surface area (Å²) in [5.41, 5.74) is 1.94. The van der Waals surface area contributed by atoms with Gasteiger partial charge in [0.05, 0.1) is 5.56 Å². The fraction of sp³-hybridized carbons (Fsp3) is 0.429. The third kappa shape index (κ3) is 2.75. The lowest BCUT2D eigenvalue weighted by atomic mass is 10.1. The van der Waals surface area contributed by atoms with Crippen molar-refractivity contribution in [3.63, 3.8) is 0 Å². The number of amides is 2. The van der Waals surface area contributed by atoms with E-state index in [1.807, 2.05) is 7.05 Å². The minimum atomic E-state index is -0.976. The van der Waals surface area contributed by atoms with Gasteiger partial charge in [0, 0.05) is 32.4 Å². The zero-order valence-corrected chi connectivity index (χ0v) is 11.7. The second-order valence-corrected chi connectivity index (χ2v) is 4.86. The molecule has 1 aliphatic heterocycles. The summed E-state index contributed by atoms with van der Waals surface area (Å²) < 4.78 is 0. The predicted molar refractivity (Wildman–Crippen MR) is 76.4 cm³/mol. The number of urea groups is 1. The van der Waals surface area contributed by atoms with Gasteiger partial charge in [0.25, 0.3) is 0 Å². The van der Waals surface area contributed by atoms with Gasteiger partial charge in [-0.1, -0.05) is 6.07 Å². The Bertz CT molecular complexity index is 530. The van der Waals surface area contributed by atoms with Crippen molar-refractivity contribution in [1.29, 1.82) is 0 Å². The number of carbonyl (C=O) groups excluding carboxylic acids is 1. The minimum absolute atomic E-state index is 0.0958. The van der Waals surface area contributed by atoms with E-state index in [0.717, 1.165) is 18.5 Å². The molecule has 0 spiro atoms. The molecule has 0 unspecified atom stereocenters. The van der Waals surface area contributed by atoms with Crippen molar-refractivity contribution >= 4 is 17.7 Å². The van der Waals surface area contributed by atoms with E-state index in [4.69, 9.17) is 5.11 Å². The highest BCUT2D eigenvalue weighted by atomic mass is 16.4. The summed E-state index contributed by atoms with van der Waals surface area (Å²) in [6, 6.07) is 4.86. The van der Waals surface area contributed by atoms with E-state index in [0.29, 0.717) is 18.8 Å². The fourth-order valence-corrected chi connectivity index (χ4v) is 2.29. The van der Waals surface area contributed by atoms with Crippen LogP contribution in [0.2, 0.25) is 0 Å². The van der Waals surface area contributed by atoms with Gasteiger partial charge in [-0.05, 0) is 31.2 Å². The van der Waals surface area contributed by atoms with E-state index >= 15 is 0 Å². The number of carbonyl (C=O) groups is 2. The van der Waals surface area contributed by atoms with Crippen LogP contribution >= 0.6 is 0 Å². The summed E-state index contributed by atoms with van der Waals surface area (Å²) in [5, 5.41) is 12.0. The van der Waals surface area contributed by atoms with Gasteiger partial charge in [0.1, 0.15) is 0 Å². The molecule has 0 saturated carbocycles. The summed E-state index contributed by atoms with van der Waals surface area (Å²) in [5.74, 6) is -0.976. The second-order valence-electron chi connectivity index (χ2n) is 4.86. The van der Waals surface area contributed by atoms with Crippen LogP contribution in [0.5, 0.6) is 0 Å². The van der Waals surface area contributed by atoms with Gasteiger partial charge in [-0.3, -0.25) is 4.90 Å². The maximum atomic E-state index is 12.4. The number of likely N-dealkylation sites (N-methyl/N-ethyl adjacent to an activating group) is 2. The largest absolute Gasteiger partial charge is 0.478 e. The molecule has 0 aliphatic carbocycles. The number of nitrogens with zero attached hydrogens (tertiary/aromatic N) is 2. The third-order valence-electron chi connectivity index (χ3n) is 3.48. The van der Waals surface area contributed by atoms with Crippen molar-refractivity contribution in [3.8, 4) is 0 Å². The van der Waals surface area contributed by atoms with Crippen LogP contribution in [0.3, 0.4) is 0 Å². The lowest BCUT2D eigenvalue weighted by molar-refractivity contribution is 0.0697. The zero-order chi connectivity index (χ0) is 14.7. The van der Waals surface area contributed by atoms with Gasteiger partial charge in [-0.2, -0.15) is 0 Å². The molecular weight excluding hydrogens is 258 g/mol. The first-order valence-electron chi connectivity index (χ1n) is 6.58. The number of nitrogens with one attached hydrogen (secondary N) is 1. The third-order valence-corrected chi connectivity index (χ3v) is 3.48. The molecule has 6 nitrogen and oxygen atoms in total. The van der Waals surface area contributed by atoms with Crippen molar-refractivity contribution < 1.29 is 14.7 Å². The van der Waals surface area contributed by atoms with Crippen molar-refractivity contribution in [2.75, 3.05) is 38.6 Å². The number of carboxylic acid groups (broad SMARTS) is 1. The predicted octanol–water partition coefficient (Wildman–Crippen LogP) is 1.02. The molecule has 0 atom stereocenters. The van der Waals surface area contributed by atoms with Crippen LogP contribution in [-0.4, -0.2) is 55.7 Å². The standard InChI is InChI=1S/C14H19N3O3/c1-15-6-8-16(2)14(20)17-7-5-10-3-4-11(13(18)19)9-12(10)17/h3-4,9,15H,5-8H2,1-2H3,(H,18,19). The van der Waals surface area contributed by atoms with Crippen molar-refractivity contribution in [2.45, 2.75) is 6.42 Å². The first kappa shape index (κ1) is 14.3. The topological polar surface area (TPSA) is 72.9 Å². The molecule has 0 aromatic heterocycles. The minimum Gasteiger partial charge on any atom is -0.478 e. The van der Waals surface area contributed by atoms with Crippen molar-refractivity contribution in [2.24, 2.45) is 0 Å². The second kappa shape index (κ2) is 5.92. The SMILES string of the molecule is CNCCN(C)C(=O)N1CCc2ccc(C(=O)O)cc21. The molecule has 20 heavy (non-hydrogen) atoms. The average molecular weight is 277 g/mol. The number of benzene rings is 1. The molecule has 1 aliphatic rings. The Labute approximate surface area is 118 Å². The van der Waals surface area contributed by atoms with Gasteiger partial charge >= 0.3 is 12.0 Å². The van der Waals surface area contributed by atoms with E-state index < -0.39 is 5.97 Å². The van der Waals surface area contributed by atoms with E-state index in [-0.39, 0.29) is 11.6 Å². The number of fused-ring (bicyclic) bond motifs is 1. The molecule has 2 rings (SSSR count). The van der Waals surface area contributed by atoms with Crippen LogP contribution in [0.4, 0.5) is 10.5 Å². The highest BCUT2D eigenvalue weighted by Gasteiger charge is 2.27. The molecule has 108 valence electrons. The Morgan fingerprint density at radius 2 is 2.20 bits per heavy atom. The van der Waals surface area contributed by atoms with E-state index in [2.05, 4.69) is 5.32 Å². The number of hydrogen-bond acceptors (Lipinski definition) is 3. The number of carboxylic acids is 1. The zero-order valence-electron chi connectivity index (χ0n) is 11.7. The Morgan fingerprint density at radius 1 is 1.45 bits per heavy atom. The number of rotatable bonds is 4.